The van der Waals surface area contributed by atoms with Gasteiger partial charge in [-0.25, -0.2) is 8.78 Å². The van der Waals surface area contributed by atoms with Gasteiger partial charge in [0.2, 0.25) is 0 Å². The van der Waals surface area contributed by atoms with E-state index in [-0.39, 0.29) is 0 Å². The van der Waals surface area contributed by atoms with Crippen molar-refractivity contribution in [1.82, 2.24) is 4.90 Å². The highest BCUT2D eigenvalue weighted by atomic mass is 79.9. The van der Waals surface area contributed by atoms with E-state index >= 15 is 0 Å². The zero-order chi connectivity index (χ0) is 14.0. The molecule has 1 amide bonds. The number of rotatable bonds is 2. The van der Waals surface area contributed by atoms with Gasteiger partial charge in [-0.15, -0.1) is 0 Å². The third-order valence-corrected chi connectivity index (χ3v) is 4.40. The van der Waals surface area contributed by atoms with Crippen molar-refractivity contribution in [2.75, 3.05) is 13.1 Å². The summed E-state index contributed by atoms with van der Waals surface area (Å²) in [5.74, 6) is -1.62. The molecule has 104 valence electrons. The Bertz CT molecular complexity index is 450. The average molecular weight is 332 g/mol. The predicted molar refractivity (Wildman–Crippen MR) is 73.4 cm³/mol. The molecule has 0 bridgehead atoms. The van der Waals surface area contributed by atoms with Crippen molar-refractivity contribution >= 4 is 21.8 Å². The van der Waals surface area contributed by atoms with E-state index in [0.29, 0.717) is 23.8 Å². The third-order valence-electron chi connectivity index (χ3n) is 3.65. The molecule has 0 N–H and O–H groups in total. The Morgan fingerprint density at radius 1 is 1.32 bits per heavy atom. The summed E-state index contributed by atoms with van der Waals surface area (Å²) >= 11 is 3.54. The maximum Gasteiger partial charge on any atom is 0.259 e. The zero-order valence-corrected chi connectivity index (χ0v) is 12.3. The molecule has 1 aromatic carbocycles. The van der Waals surface area contributed by atoms with Crippen LogP contribution in [0.15, 0.2) is 18.2 Å². The number of halogens is 3. The molecule has 1 aliphatic heterocycles. The minimum Gasteiger partial charge on any atom is -0.338 e. The first-order chi connectivity index (χ1) is 9.00. The standard InChI is InChI=1S/C14H16BrF2NO/c1-9(15)10-5-7-18(8-6-10)14(19)13-11(16)3-2-4-12(13)17/h2-4,9-10H,5-8H2,1H3. The summed E-state index contributed by atoms with van der Waals surface area (Å²) in [6.45, 7) is 3.18. The lowest BCUT2D eigenvalue weighted by Crippen LogP contribution is -2.40. The number of piperidine rings is 1. The van der Waals surface area contributed by atoms with Crippen LogP contribution in [0.3, 0.4) is 0 Å². The van der Waals surface area contributed by atoms with Gasteiger partial charge in [-0.05, 0) is 30.9 Å². The van der Waals surface area contributed by atoms with Crippen molar-refractivity contribution in [3.8, 4) is 0 Å². The fourth-order valence-corrected chi connectivity index (χ4v) is 2.95. The number of hydrogen-bond acceptors (Lipinski definition) is 1. The van der Waals surface area contributed by atoms with Crippen LogP contribution in [0.5, 0.6) is 0 Å². The molecule has 1 heterocycles. The Balaban J connectivity index is 2.10. The highest BCUT2D eigenvalue weighted by molar-refractivity contribution is 9.09. The summed E-state index contributed by atoms with van der Waals surface area (Å²) in [7, 11) is 0. The first-order valence-electron chi connectivity index (χ1n) is 6.38. The van der Waals surface area contributed by atoms with Gasteiger partial charge in [0.05, 0.1) is 0 Å². The number of likely N-dealkylation sites (tertiary alicyclic amines) is 1. The van der Waals surface area contributed by atoms with Crippen molar-refractivity contribution in [2.24, 2.45) is 5.92 Å². The van der Waals surface area contributed by atoms with E-state index in [1.165, 1.54) is 11.0 Å². The van der Waals surface area contributed by atoms with E-state index in [1.807, 2.05) is 0 Å². The molecule has 2 nitrogen and oxygen atoms in total. The van der Waals surface area contributed by atoms with E-state index in [4.69, 9.17) is 0 Å². The highest BCUT2D eigenvalue weighted by Crippen LogP contribution is 2.26. The van der Waals surface area contributed by atoms with E-state index in [2.05, 4.69) is 22.9 Å². The zero-order valence-electron chi connectivity index (χ0n) is 10.7. The van der Waals surface area contributed by atoms with E-state index in [0.717, 1.165) is 25.0 Å². The van der Waals surface area contributed by atoms with Crippen molar-refractivity contribution in [1.29, 1.82) is 0 Å². The van der Waals surface area contributed by atoms with E-state index < -0.39 is 23.1 Å². The summed E-state index contributed by atoms with van der Waals surface area (Å²) in [5.41, 5.74) is -0.437. The number of carbonyl (C=O) groups excluding carboxylic acids is 1. The van der Waals surface area contributed by atoms with Gasteiger partial charge in [0.1, 0.15) is 17.2 Å². The van der Waals surface area contributed by atoms with Crippen LogP contribution in [-0.4, -0.2) is 28.7 Å². The van der Waals surface area contributed by atoms with Crippen molar-refractivity contribution in [3.63, 3.8) is 0 Å². The first kappa shape index (κ1) is 14.4. The van der Waals surface area contributed by atoms with Crippen LogP contribution in [0.4, 0.5) is 8.78 Å². The second-order valence-corrected chi connectivity index (χ2v) is 6.35. The summed E-state index contributed by atoms with van der Waals surface area (Å²) in [5, 5.41) is 0. The van der Waals surface area contributed by atoms with Gasteiger partial charge in [0, 0.05) is 17.9 Å². The van der Waals surface area contributed by atoms with E-state index in [1.54, 1.807) is 0 Å². The topological polar surface area (TPSA) is 20.3 Å². The molecule has 0 saturated carbocycles. The quantitative estimate of drug-likeness (QED) is 0.758. The number of carbonyl (C=O) groups is 1. The monoisotopic (exact) mass is 331 g/mol. The lowest BCUT2D eigenvalue weighted by atomic mass is 9.94. The number of alkyl halides is 1. The maximum absolute atomic E-state index is 13.6. The summed E-state index contributed by atoms with van der Waals surface area (Å²) in [6, 6.07) is 3.49. The molecule has 0 aromatic heterocycles. The minimum atomic E-state index is -0.791. The van der Waals surface area contributed by atoms with Crippen LogP contribution in [0.2, 0.25) is 0 Å². The van der Waals surface area contributed by atoms with Crippen molar-refractivity contribution in [2.45, 2.75) is 24.6 Å². The second kappa shape index (κ2) is 5.99. The van der Waals surface area contributed by atoms with Crippen LogP contribution in [-0.2, 0) is 0 Å². The maximum atomic E-state index is 13.6. The van der Waals surface area contributed by atoms with Gasteiger partial charge in [0.25, 0.3) is 5.91 Å². The first-order valence-corrected chi connectivity index (χ1v) is 7.29. The van der Waals surface area contributed by atoms with E-state index in [9.17, 15) is 13.6 Å². The molecule has 1 saturated heterocycles. The molecule has 19 heavy (non-hydrogen) atoms. The smallest absolute Gasteiger partial charge is 0.259 e. The fraction of sp³-hybridized carbons (Fsp3) is 0.500. The molecule has 0 aliphatic carbocycles. The molecular formula is C14H16BrF2NO. The Hall–Kier alpha value is -0.970. The number of amides is 1. The van der Waals surface area contributed by atoms with Gasteiger partial charge in [-0.1, -0.05) is 28.9 Å². The molecule has 1 fully saturated rings. The van der Waals surface area contributed by atoms with Gasteiger partial charge in [0.15, 0.2) is 0 Å². The van der Waals surface area contributed by atoms with Crippen LogP contribution in [0, 0.1) is 17.6 Å². The SMILES string of the molecule is CC(Br)C1CCN(C(=O)c2c(F)cccc2F)CC1. The minimum absolute atomic E-state index is 0.398. The number of benzene rings is 1. The normalized spacial score (nSPS) is 18.4. The summed E-state index contributed by atoms with van der Waals surface area (Å²) in [6.07, 6.45) is 1.71. The van der Waals surface area contributed by atoms with Crippen LogP contribution < -0.4 is 0 Å². The fourth-order valence-electron chi connectivity index (χ4n) is 2.42. The summed E-state index contributed by atoms with van der Waals surface area (Å²) < 4.78 is 27.1. The molecule has 1 aliphatic rings. The lowest BCUT2D eigenvalue weighted by Gasteiger charge is -2.33. The highest BCUT2D eigenvalue weighted by Gasteiger charge is 2.28. The molecule has 1 unspecified atom stereocenters. The van der Waals surface area contributed by atoms with Crippen LogP contribution >= 0.6 is 15.9 Å². The van der Waals surface area contributed by atoms with Gasteiger partial charge < -0.3 is 4.90 Å². The van der Waals surface area contributed by atoms with Crippen molar-refractivity contribution in [3.05, 3.63) is 35.4 Å². The Morgan fingerprint density at radius 2 is 1.84 bits per heavy atom. The Kier molecular flexibility index (Phi) is 4.55. The number of nitrogens with zero attached hydrogens (tertiary/aromatic N) is 1. The van der Waals surface area contributed by atoms with Crippen LogP contribution in [0.25, 0.3) is 0 Å². The molecule has 2 rings (SSSR count). The third kappa shape index (κ3) is 3.14. The lowest BCUT2D eigenvalue weighted by molar-refractivity contribution is 0.0681. The number of hydrogen-bond donors (Lipinski definition) is 0. The largest absolute Gasteiger partial charge is 0.338 e. The van der Waals surface area contributed by atoms with Gasteiger partial charge in [-0.3, -0.25) is 4.79 Å². The van der Waals surface area contributed by atoms with Crippen LogP contribution in [0.1, 0.15) is 30.1 Å². The van der Waals surface area contributed by atoms with Crippen molar-refractivity contribution < 1.29 is 13.6 Å². The predicted octanol–water partition coefficient (Wildman–Crippen LogP) is 3.60. The molecular weight excluding hydrogens is 316 g/mol. The molecule has 1 aromatic rings. The molecule has 1 atom stereocenters. The molecule has 5 heteroatoms. The Labute approximate surface area is 119 Å². The van der Waals surface area contributed by atoms with Gasteiger partial charge in [-0.2, -0.15) is 0 Å². The Morgan fingerprint density at radius 3 is 2.32 bits per heavy atom. The summed E-state index contributed by atoms with van der Waals surface area (Å²) in [4.78, 5) is 14.1. The molecule has 0 radical (unpaired) electrons. The van der Waals surface area contributed by atoms with Gasteiger partial charge >= 0.3 is 0 Å². The second-order valence-electron chi connectivity index (χ2n) is 4.90. The molecule has 0 spiro atoms. The average Bonchev–Trinajstić information content (AvgIpc) is 2.38.